The van der Waals surface area contributed by atoms with E-state index in [1.54, 1.807) is 0 Å². The number of nitrogens with zero attached hydrogens (tertiary/aromatic N) is 1. The highest BCUT2D eigenvalue weighted by Crippen LogP contribution is 2.32. The van der Waals surface area contributed by atoms with Crippen LogP contribution in [0.15, 0.2) is 41.3 Å². The fourth-order valence-electron chi connectivity index (χ4n) is 3.44. The minimum Gasteiger partial charge on any atom is -0.497 e. The van der Waals surface area contributed by atoms with Crippen LogP contribution in [0.2, 0.25) is 0 Å². The van der Waals surface area contributed by atoms with E-state index in [4.69, 9.17) is 9.47 Å². The van der Waals surface area contributed by atoms with Gasteiger partial charge < -0.3 is 19.7 Å². The molecule has 1 aliphatic carbocycles. The highest BCUT2D eigenvalue weighted by molar-refractivity contribution is 7.89. The van der Waals surface area contributed by atoms with Crippen LogP contribution in [0.5, 0.6) is 11.5 Å². The first kappa shape index (κ1) is 20.9. The number of methoxy groups -OCH3 is 1. The van der Waals surface area contributed by atoms with Gasteiger partial charge in [-0.05, 0) is 42.7 Å². The van der Waals surface area contributed by atoms with E-state index in [2.05, 4.69) is 14.9 Å². The Morgan fingerprint density at radius 1 is 1.23 bits per heavy atom. The van der Waals surface area contributed by atoms with Gasteiger partial charge in [-0.2, -0.15) is 0 Å². The molecule has 1 aliphatic heterocycles. The largest absolute Gasteiger partial charge is 0.497 e. The van der Waals surface area contributed by atoms with Crippen LogP contribution in [0.1, 0.15) is 18.4 Å². The summed E-state index contributed by atoms with van der Waals surface area (Å²) in [5, 5.41) is 3.51. The Hall–Kier alpha value is -2.36. The van der Waals surface area contributed by atoms with Gasteiger partial charge in [0, 0.05) is 31.7 Å². The number of hydrogen-bond acceptors (Lipinski definition) is 6. The Morgan fingerprint density at radius 2 is 2.07 bits per heavy atom. The van der Waals surface area contributed by atoms with Crippen LogP contribution >= 0.6 is 0 Å². The Kier molecular flexibility index (Phi) is 6.12. The van der Waals surface area contributed by atoms with Gasteiger partial charge in [0.1, 0.15) is 28.8 Å². The SMILES string of the molecule is COc1ccc(S(=O)(=O)NCc2ccc3c(c2)OCCN3CCNC2CC2)c(F)c1. The first-order chi connectivity index (χ1) is 14.5. The fraction of sp³-hybridized carbons (Fsp3) is 0.429. The summed E-state index contributed by atoms with van der Waals surface area (Å²) in [6.07, 6.45) is 2.53. The molecule has 0 aromatic heterocycles. The van der Waals surface area contributed by atoms with Crippen molar-refractivity contribution in [2.45, 2.75) is 30.3 Å². The lowest BCUT2D eigenvalue weighted by Gasteiger charge is -2.31. The molecule has 7 nitrogen and oxygen atoms in total. The summed E-state index contributed by atoms with van der Waals surface area (Å²) in [6, 6.07) is 9.98. The van der Waals surface area contributed by atoms with Gasteiger partial charge >= 0.3 is 0 Å². The highest BCUT2D eigenvalue weighted by atomic mass is 32.2. The molecule has 30 heavy (non-hydrogen) atoms. The van der Waals surface area contributed by atoms with E-state index in [0.717, 1.165) is 42.7 Å². The molecule has 2 N–H and O–H groups in total. The predicted molar refractivity (Wildman–Crippen MR) is 112 cm³/mol. The van der Waals surface area contributed by atoms with Gasteiger partial charge in [0.05, 0.1) is 19.3 Å². The standard InChI is InChI=1S/C21H26FN3O4S/c1-28-17-5-7-21(18(22)13-17)30(26,27)24-14-15-2-6-19-20(12-15)29-11-10-25(19)9-8-23-16-3-4-16/h2,5-7,12-13,16,23-24H,3-4,8-11,14H2,1H3. The Morgan fingerprint density at radius 3 is 2.80 bits per heavy atom. The van der Waals surface area contributed by atoms with Gasteiger partial charge in [-0.15, -0.1) is 0 Å². The second-order valence-corrected chi connectivity index (χ2v) is 9.22. The van der Waals surface area contributed by atoms with Crippen LogP contribution in [0.4, 0.5) is 10.1 Å². The molecule has 1 saturated carbocycles. The van der Waals surface area contributed by atoms with Crippen molar-refractivity contribution >= 4 is 15.7 Å². The van der Waals surface area contributed by atoms with Gasteiger partial charge in [0.2, 0.25) is 10.0 Å². The Balaban J connectivity index is 1.41. The van der Waals surface area contributed by atoms with Crippen molar-refractivity contribution in [1.29, 1.82) is 0 Å². The molecule has 0 unspecified atom stereocenters. The van der Waals surface area contributed by atoms with E-state index in [1.807, 2.05) is 18.2 Å². The summed E-state index contributed by atoms with van der Waals surface area (Å²) in [6.45, 7) is 3.27. The maximum absolute atomic E-state index is 14.2. The van der Waals surface area contributed by atoms with E-state index in [0.29, 0.717) is 12.6 Å². The first-order valence-electron chi connectivity index (χ1n) is 10.0. The number of halogens is 1. The number of anilines is 1. The smallest absolute Gasteiger partial charge is 0.243 e. The molecule has 0 spiro atoms. The Labute approximate surface area is 176 Å². The van der Waals surface area contributed by atoms with Gasteiger partial charge in [-0.3, -0.25) is 0 Å². The van der Waals surface area contributed by atoms with Crippen molar-refractivity contribution in [2.24, 2.45) is 0 Å². The van der Waals surface area contributed by atoms with E-state index < -0.39 is 20.7 Å². The van der Waals surface area contributed by atoms with Crippen LogP contribution in [0.25, 0.3) is 0 Å². The molecule has 4 rings (SSSR count). The number of hydrogen-bond donors (Lipinski definition) is 2. The molecule has 0 saturated heterocycles. The molecule has 162 valence electrons. The molecule has 2 aromatic carbocycles. The molecule has 9 heteroatoms. The number of benzene rings is 2. The average Bonchev–Trinajstić information content (AvgIpc) is 3.56. The molecule has 0 bridgehead atoms. The summed E-state index contributed by atoms with van der Waals surface area (Å²) < 4.78 is 52.3. The van der Waals surface area contributed by atoms with E-state index >= 15 is 0 Å². The maximum Gasteiger partial charge on any atom is 0.243 e. The third kappa shape index (κ3) is 4.85. The summed E-state index contributed by atoms with van der Waals surface area (Å²) in [5.41, 5.74) is 1.75. The molecule has 2 aromatic rings. The third-order valence-corrected chi connectivity index (χ3v) is 6.71. The minimum atomic E-state index is -4.00. The van der Waals surface area contributed by atoms with Gasteiger partial charge in [0.25, 0.3) is 0 Å². The van der Waals surface area contributed by atoms with Crippen LogP contribution in [0, 0.1) is 5.82 Å². The fourth-order valence-corrected chi connectivity index (χ4v) is 4.51. The van der Waals surface area contributed by atoms with Crippen LogP contribution in [-0.2, 0) is 16.6 Å². The average molecular weight is 436 g/mol. The highest BCUT2D eigenvalue weighted by Gasteiger charge is 2.23. The molecule has 1 heterocycles. The number of fused-ring (bicyclic) bond motifs is 1. The molecule has 2 aliphatic rings. The van der Waals surface area contributed by atoms with E-state index in [-0.39, 0.29) is 12.3 Å². The van der Waals surface area contributed by atoms with E-state index in [1.165, 1.54) is 32.1 Å². The second-order valence-electron chi connectivity index (χ2n) is 7.49. The third-order valence-electron chi connectivity index (χ3n) is 5.27. The lowest BCUT2D eigenvalue weighted by molar-refractivity contribution is 0.307. The van der Waals surface area contributed by atoms with Crippen molar-refractivity contribution in [3.8, 4) is 11.5 Å². The lowest BCUT2D eigenvalue weighted by Crippen LogP contribution is -2.38. The second kappa shape index (κ2) is 8.79. The summed E-state index contributed by atoms with van der Waals surface area (Å²) in [5.74, 6) is 0.140. The van der Waals surface area contributed by atoms with Crippen LogP contribution < -0.4 is 24.4 Å². The molecule has 0 atom stereocenters. The molecular formula is C21H26FN3O4S. The number of ether oxygens (including phenoxy) is 2. The lowest BCUT2D eigenvalue weighted by atomic mass is 10.1. The molecule has 0 radical (unpaired) electrons. The van der Waals surface area contributed by atoms with Crippen molar-refractivity contribution in [3.63, 3.8) is 0 Å². The zero-order chi connectivity index (χ0) is 21.1. The summed E-state index contributed by atoms with van der Waals surface area (Å²) in [4.78, 5) is 1.86. The molecule has 1 fully saturated rings. The topological polar surface area (TPSA) is 79.9 Å². The molecular weight excluding hydrogens is 409 g/mol. The normalized spacial score (nSPS) is 16.1. The monoisotopic (exact) mass is 435 g/mol. The Bertz CT molecular complexity index is 1010. The number of rotatable bonds is 9. The zero-order valence-corrected chi connectivity index (χ0v) is 17.7. The van der Waals surface area contributed by atoms with Crippen molar-refractivity contribution < 1.29 is 22.3 Å². The number of sulfonamides is 1. The van der Waals surface area contributed by atoms with Crippen molar-refractivity contribution in [2.75, 3.05) is 38.3 Å². The number of nitrogens with one attached hydrogen (secondary N) is 2. The maximum atomic E-state index is 14.2. The van der Waals surface area contributed by atoms with Crippen molar-refractivity contribution in [1.82, 2.24) is 10.0 Å². The van der Waals surface area contributed by atoms with Crippen LogP contribution in [-0.4, -0.2) is 47.8 Å². The van der Waals surface area contributed by atoms with Crippen molar-refractivity contribution in [3.05, 3.63) is 47.8 Å². The van der Waals surface area contributed by atoms with E-state index in [9.17, 15) is 12.8 Å². The molecule has 0 amide bonds. The van der Waals surface area contributed by atoms with Gasteiger partial charge in [0.15, 0.2) is 0 Å². The van der Waals surface area contributed by atoms with Crippen LogP contribution in [0.3, 0.4) is 0 Å². The minimum absolute atomic E-state index is 0.0354. The van der Waals surface area contributed by atoms with Gasteiger partial charge in [-0.1, -0.05) is 6.07 Å². The van der Waals surface area contributed by atoms with Gasteiger partial charge in [-0.25, -0.2) is 17.5 Å². The zero-order valence-electron chi connectivity index (χ0n) is 16.9. The first-order valence-corrected chi connectivity index (χ1v) is 11.5. The predicted octanol–water partition coefficient (Wildman–Crippen LogP) is 2.26. The summed E-state index contributed by atoms with van der Waals surface area (Å²) >= 11 is 0. The quantitative estimate of drug-likeness (QED) is 0.629. The summed E-state index contributed by atoms with van der Waals surface area (Å²) in [7, 11) is -2.61.